The van der Waals surface area contributed by atoms with Gasteiger partial charge in [0.1, 0.15) is 17.3 Å². The molecule has 4 nitrogen and oxygen atoms in total. The minimum absolute atomic E-state index is 0.0694. The highest BCUT2D eigenvalue weighted by molar-refractivity contribution is 6.30. The Labute approximate surface area is 107 Å². The number of benzene rings is 1. The zero-order chi connectivity index (χ0) is 13.1. The van der Waals surface area contributed by atoms with E-state index in [4.69, 9.17) is 21.4 Å². The van der Waals surface area contributed by atoms with Crippen LogP contribution in [-0.4, -0.2) is 16.1 Å². The van der Waals surface area contributed by atoms with Gasteiger partial charge in [0.05, 0.1) is 5.02 Å². The van der Waals surface area contributed by atoms with Crippen molar-refractivity contribution in [1.82, 2.24) is 4.98 Å². The molecule has 0 aliphatic rings. The van der Waals surface area contributed by atoms with E-state index in [9.17, 15) is 9.18 Å². The van der Waals surface area contributed by atoms with Crippen LogP contribution >= 0.6 is 11.6 Å². The van der Waals surface area contributed by atoms with Crippen LogP contribution in [0.15, 0.2) is 36.5 Å². The number of halogens is 2. The van der Waals surface area contributed by atoms with E-state index in [0.29, 0.717) is 5.75 Å². The minimum atomic E-state index is -1.16. The van der Waals surface area contributed by atoms with Crippen LogP contribution in [0.25, 0.3) is 0 Å². The second-order valence-corrected chi connectivity index (χ2v) is 3.77. The lowest BCUT2D eigenvalue weighted by Gasteiger charge is -2.06. The van der Waals surface area contributed by atoms with Gasteiger partial charge >= 0.3 is 5.97 Å². The molecule has 92 valence electrons. The van der Waals surface area contributed by atoms with Crippen LogP contribution in [0.2, 0.25) is 5.02 Å². The van der Waals surface area contributed by atoms with Gasteiger partial charge in [-0.25, -0.2) is 14.2 Å². The zero-order valence-electron chi connectivity index (χ0n) is 8.93. The summed E-state index contributed by atoms with van der Waals surface area (Å²) in [6.45, 7) is 0. The highest BCUT2D eigenvalue weighted by Gasteiger charge is 2.07. The Morgan fingerprint density at radius 2 is 2.00 bits per heavy atom. The fraction of sp³-hybridized carbons (Fsp3) is 0. The molecule has 18 heavy (non-hydrogen) atoms. The third kappa shape index (κ3) is 2.75. The molecule has 0 aliphatic carbocycles. The summed E-state index contributed by atoms with van der Waals surface area (Å²) >= 11 is 5.60. The van der Waals surface area contributed by atoms with Crippen LogP contribution in [-0.2, 0) is 0 Å². The van der Waals surface area contributed by atoms with Crippen molar-refractivity contribution in [1.29, 1.82) is 0 Å². The number of carbonyl (C=O) groups is 1. The molecule has 2 aromatic rings. The molecule has 0 bridgehead atoms. The Morgan fingerprint density at radius 3 is 2.67 bits per heavy atom. The highest BCUT2D eigenvalue weighted by Crippen LogP contribution is 2.26. The third-order valence-electron chi connectivity index (χ3n) is 2.08. The van der Waals surface area contributed by atoms with Gasteiger partial charge in [-0.05, 0) is 18.2 Å². The van der Waals surface area contributed by atoms with Crippen LogP contribution in [0.4, 0.5) is 4.39 Å². The molecule has 1 heterocycles. The molecule has 0 saturated heterocycles. The normalized spacial score (nSPS) is 10.1. The largest absolute Gasteiger partial charge is 0.477 e. The van der Waals surface area contributed by atoms with Crippen LogP contribution in [0.5, 0.6) is 11.5 Å². The maximum absolute atomic E-state index is 12.9. The second kappa shape index (κ2) is 5.01. The summed E-state index contributed by atoms with van der Waals surface area (Å²) in [5, 5.41) is 8.70. The smallest absolute Gasteiger partial charge is 0.354 e. The standard InChI is InChI=1S/C12H7ClFNO3/c13-9-5-7(1-2-10(9)14)18-8-3-4-15-11(6-8)12(16)17/h1-6H,(H,16,17). The van der Waals surface area contributed by atoms with E-state index in [2.05, 4.69) is 4.98 Å². The van der Waals surface area contributed by atoms with Crippen molar-refractivity contribution in [3.8, 4) is 11.5 Å². The zero-order valence-corrected chi connectivity index (χ0v) is 9.69. The van der Waals surface area contributed by atoms with Gasteiger partial charge < -0.3 is 9.84 Å². The van der Waals surface area contributed by atoms with Gasteiger partial charge in [-0.15, -0.1) is 0 Å². The van der Waals surface area contributed by atoms with E-state index < -0.39 is 11.8 Å². The monoisotopic (exact) mass is 267 g/mol. The average molecular weight is 268 g/mol. The van der Waals surface area contributed by atoms with Crippen LogP contribution in [0.1, 0.15) is 10.5 Å². The van der Waals surface area contributed by atoms with E-state index in [1.165, 1.54) is 30.5 Å². The van der Waals surface area contributed by atoms with E-state index in [1.54, 1.807) is 0 Å². The van der Waals surface area contributed by atoms with Crippen molar-refractivity contribution < 1.29 is 19.0 Å². The summed E-state index contributed by atoms with van der Waals surface area (Å²) in [6, 6.07) is 6.61. The number of ether oxygens (including phenoxy) is 1. The number of rotatable bonds is 3. The number of pyridine rings is 1. The Bertz CT molecular complexity index is 604. The first kappa shape index (κ1) is 12.3. The molecule has 1 N–H and O–H groups in total. The van der Waals surface area contributed by atoms with E-state index >= 15 is 0 Å². The molecule has 0 saturated carbocycles. The Hall–Kier alpha value is -2.14. The van der Waals surface area contributed by atoms with Gasteiger partial charge in [0.25, 0.3) is 0 Å². The number of hydrogen-bond acceptors (Lipinski definition) is 3. The van der Waals surface area contributed by atoms with Gasteiger partial charge in [-0.3, -0.25) is 0 Å². The molecule has 6 heteroatoms. The first-order valence-corrected chi connectivity index (χ1v) is 5.26. The molecule has 2 rings (SSSR count). The number of aromatic nitrogens is 1. The fourth-order valence-corrected chi connectivity index (χ4v) is 1.44. The van der Waals surface area contributed by atoms with Gasteiger partial charge in [-0.2, -0.15) is 0 Å². The summed E-state index contributed by atoms with van der Waals surface area (Å²) < 4.78 is 18.3. The molecule has 1 aromatic heterocycles. The average Bonchev–Trinajstić information content (AvgIpc) is 2.34. The molecule has 0 radical (unpaired) electrons. The molecular weight excluding hydrogens is 261 g/mol. The first-order chi connectivity index (χ1) is 8.56. The van der Waals surface area contributed by atoms with E-state index in [-0.39, 0.29) is 16.5 Å². The summed E-state index contributed by atoms with van der Waals surface area (Å²) in [5.41, 5.74) is -0.138. The lowest BCUT2D eigenvalue weighted by atomic mass is 10.3. The summed E-state index contributed by atoms with van der Waals surface area (Å²) in [6.07, 6.45) is 1.31. The first-order valence-electron chi connectivity index (χ1n) is 4.88. The van der Waals surface area contributed by atoms with Gasteiger partial charge in [0.15, 0.2) is 5.69 Å². The number of aromatic carboxylic acids is 1. The predicted octanol–water partition coefficient (Wildman–Crippen LogP) is 3.36. The van der Waals surface area contributed by atoms with Gasteiger partial charge in [-0.1, -0.05) is 11.6 Å². The number of carboxylic acids is 1. The minimum Gasteiger partial charge on any atom is -0.477 e. The molecule has 0 unspecified atom stereocenters. The second-order valence-electron chi connectivity index (χ2n) is 3.36. The van der Waals surface area contributed by atoms with Crippen LogP contribution in [0, 0.1) is 5.82 Å². The predicted molar refractivity (Wildman–Crippen MR) is 62.7 cm³/mol. The van der Waals surface area contributed by atoms with Gasteiger partial charge in [0, 0.05) is 18.3 Å². The van der Waals surface area contributed by atoms with Crippen LogP contribution < -0.4 is 4.74 Å². The highest BCUT2D eigenvalue weighted by atomic mass is 35.5. The summed E-state index contributed by atoms with van der Waals surface area (Å²) in [5.74, 6) is -1.11. The van der Waals surface area contributed by atoms with Crippen molar-refractivity contribution in [2.24, 2.45) is 0 Å². The number of nitrogens with zero attached hydrogens (tertiary/aromatic N) is 1. The van der Waals surface area contributed by atoms with Gasteiger partial charge in [0.2, 0.25) is 0 Å². The molecule has 0 amide bonds. The molecule has 0 fully saturated rings. The van der Waals surface area contributed by atoms with Crippen molar-refractivity contribution in [3.63, 3.8) is 0 Å². The lowest BCUT2D eigenvalue weighted by Crippen LogP contribution is -1.99. The molecule has 0 aliphatic heterocycles. The van der Waals surface area contributed by atoms with Crippen LogP contribution in [0.3, 0.4) is 0 Å². The Kier molecular flexibility index (Phi) is 3.43. The van der Waals surface area contributed by atoms with E-state index in [0.717, 1.165) is 6.07 Å². The van der Waals surface area contributed by atoms with Crippen molar-refractivity contribution in [2.75, 3.05) is 0 Å². The lowest BCUT2D eigenvalue weighted by molar-refractivity contribution is 0.0690. The quantitative estimate of drug-likeness (QED) is 0.926. The molecule has 1 aromatic carbocycles. The SMILES string of the molecule is O=C(O)c1cc(Oc2ccc(F)c(Cl)c2)ccn1. The molecule has 0 atom stereocenters. The maximum atomic E-state index is 12.9. The molecule has 0 spiro atoms. The van der Waals surface area contributed by atoms with Crippen molar-refractivity contribution >= 4 is 17.6 Å². The fourth-order valence-electron chi connectivity index (χ4n) is 1.27. The Morgan fingerprint density at radius 1 is 1.28 bits per heavy atom. The number of hydrogen-bond donors (Lipinski definition) is 1. The maximum Gasteiger partial charge on any atom is 0.354 e. The van der Waals surface area contributed by atoms with E-state index in [1.807, 2.05) is 0 Å². The number of carboxylic acid groups (broad SMARTS) is 1. The topological polar surface area (TPSA) is 59.4 Å². The Balaban J connectivity index is 2.25. The summed E-state index contributed by atoms with van der Waals surface area (Å²) in [4.78, 5) is 14.4. The van der Waals surface area contributed by atoms with Crippen molar-refractivity contribution in [2.45, 2.75) is 0 Å². The van der Waals surface area contributed by atoms with Crippen molar-refractivity contribution in [3.05, 3.63) is 53.1 Å². The summed E-state index contributed by atoms with van der Waals surface area (Å²) in [7, 11) is 0. The molecular formula is C12H7ClFNO3. The third-order valence-corrected chi connectivity index (χ3v) is 2.37.